The molecule has 2 amide bonds. The second kappa shape index (κ2) is 6.49. The van der Waals surface area contributed by atoms with Crippen molar-refractivity contribution in [2.75, 3.05) is 12.0 Å². The molecule has 3 rings (SSSR count). The number of phenolic OH excluding ortho intramolecular Hbond substituents is 2. The molecule has 6 nitrogen and oxygen atoms in total. The maximum atomic E-state index is 12.7. The van der Waals surface area contributed by atoms with Gasteiger partial charge in [0.1, 0.15) is 5.75 Å². The van der Waals surface area contributed by atoms with Crippen molar-refractivity contribution >= 4 is 35.2 Å². The fraction of sp³-hybridized carbons (Fsp3) is 0.111. The van der Waals surface area contributed by atoms with Crippen molar-refractivity contribution in [3.8, 4) is 17.2 Å². The van der Waals surface area contributed by atoms with Crippen molar-refractivity contribution in [1.82, 2.24) is 0 Å². The molecule has 2 N–H and O–H groups in total. The van der Waals surface area contributed by atoms with E-state index >= 15 is 0 Å². The zero-order chi connectivity index (χ0) is 18.1. The number of phenols is 2. The van der Waals surface area contributed by atoms with Gasteiger partial charge in [-0.25, -0.2) is 4.90 Å². The van der Waals surface area contributed by atoms with Gasteiger partial charge in [0.15, 0.2) is 11.5 Å². The van der Waals surface area contributed by atoms with Gasteiger partial charge >= 0.3 is 0 Å². The smallest absolute Gasteiger partial charge is 0.261 e. The molecule has 0 unspecified atom stereocenters. The summed E-state index contributed by atoms with van der Waals surface area (Å²) < 4.78 is 5.21. The normalized spacial score (nSPS) is 15.9. The Balaban J connectivity index is 1.99. The standard InChI is InChI=1S/C18H14ClNO5/c1-25-16-5-3-12(19)9-13(16)20-17(23)8-11(18(20)24)6-10-2-4-14(21)15(22)7-10/h2-7,9,21-22H,8H2,1H3/b11-6+. The maximum Gasteiger partial charge on any atom is 0.261 e. The van der Waals surface area contributed by atoms with Crippen LogP contribution in [-0.4, -0.2) is 29.1 Å². The molecule has 25 heavy (non-hydrogen) atoms. The maximum absolute atomic E-state index is 12.7. The van der Waals surface area contributed by atoms with Crippen molar-refractivity contribution < 1.29 is 24.5 Å². The summed E-state index contributed by atoms with van der Waals surface area (Å²) in [4.78, 5) is 26.1. The number of hydrogen-bond donors (Lipinski definition) is 2. The number of amides is 2. The van der Waals surface area contributed by atoms with Crippen molar-refractivity contribution in [3.63, 3.8) is 0 Å². The first kappa shape index (κ1) is 16.9. The molecule has 1 fully saturated rings. The quantitative estimate of drug-likeness (QED) is 0.499. The number of rotatable bonds is 3. The molecule has 2 aromatic carbocycles. The third-order valence-corrected chi connectivity index (χ3v) is 4.03. The van der Waals surface area contributed by atoms with Crippen molar-refractivity contribution in [2.45, 2.75) is 6.42 Å². The van der Waals surface area contributed by atoms with Gasteiger partial charge in [-0.15, -0.1) is 0 Å². The Kier molecular flexibility index (Phi) is 4.37. The van der Waals surface area contributed by atoms with Gasteiger partial charge in [-0.2, -0.15) is 0 Å². The lowest BCUT2D eigenvalue weighted by Crippen LogP contribution is -2.29. The molecular weight excluding hydrogens is 346 g/mol. The molecule has 0 bridgehead atoms. The SMILES string of the molecule is COc1ccc(Cl)cc1N1C(=O)C/C(=C\c2ccc(O)c(O)c2)C1=O. The monoisotopic (exact) mass is 359 g/mol. The van der Waals surface area contributed by atoms with E-state index in [1.54, 1.807) is 12.1 Å². The molecule has 1 heterocycles. The van der Waals surface area contributed by atoms with E-state index in [0.717, 1.165) is 4.90 Å². The number of anilines is 1. The van der Waals surface area contributed by atoms with E-state index in [1.807, 2.05) is 0 Å². The fourth-order valence-electron chi connectivity index (χ4n) is 2.60. The van der Waals surface area contributed by atoms with Crippen LogP contribution in [0.15, 0.2) is 42.0 Å². The van der Waals surface area contributed by atoms with Crippen LogP contribution in [0.1, 0.15) is 12.0 Å². The third kappa shape index (κ3) is 3.16. The number of nitrogens with zero attached hydrogens (tertiary/aromatic N) is 1. The topological polar surface area (TPSA) is 87.1 Å². The van der Waals surface area contributed by atoms with Crippen LogP contribution in [0.4, 0.5) is 5.69 Å². The molecule has 0 aliphatic carbocycles. The Hall–Kier alpha value is -2.99. The largest absolute Gasteiger partial charge is 0.504 e. The number of benzene rings is 2. The first-order valence-corrected chi connectivity index (χ1v) is 7.72. The van der Waals surface area contributed by atoms with Gasteiger partial charge in [0, 0.05) is 10.6 Å². The first-order chi connectivity index (χ1) is 11.9. The van der Waals surface area contributed by atoms with E-state index in [0.29, 0.717) is 16.3 Å². The minimum Gasteiger partial charge on any atom is -0.504 e. The minimum atomic E-state index is -0.488. The lowest BCUT2D eigenvalue weighted by Gasteiger charge is -2.17. The number of methoxy groups -OCH3 is 1. The molecule has 1 aliphatic heterocycles. The van der Waals surface area contributed by atoms with Gasteiger partial charge in [-0.05, 0) is 42.0 Å². The Morgan fingerprint density at radius 3 is 2.56 bits per heavy atom. The van der Waals surface area contributed by atoms with Gasteiger partial charge in [-0.3, -0.25) is 9.59 Å². The number of ether oxygens (including phenoxy) is 1. The van der Waals surface area contributed by atoms with E-state index in [2.05, 4.69) is 0 Å². The molecule has 1 saturated heterocycles. The van der Waals surface area contributed by atoms with E-state index in [1.165, 1.54) is 37.5 Å². The molecule has 7 heteroatoms. The Morgan fingerprint density at radius 2 is 1.88 bits per heavy atom. The molecule has 0 aromatic heterocycles. The number of halogens is 1. The second-order valence-corrected chi connectivity index (χ2v) is 5.88. The summed E-state index contributed by atoms with van der Waals surface area (Å²) in [5.41, 5.74) is 1.03. The van der Waals surface area contributed by atoms with Crippen LogP contribution in [0.3, 0.4) is 0 Å². The molecular formula is C18H14ClNO5. The van der Waals surface area contributed by atoms with Crippen LogP contribution < -0.4 is 9.64 Å². The van der Waals surface area contributed by atoms with Crippen molar-refractivity contribution in [1.29, 1.82) is 0 Å². The van der Waals surface area contributed by atoms with E-state index in [4.69, 9.17) is 16.3 Å². The summed E-state index contributed by atoms with van der Waals surface area (Å²) in [6.45, 7) is 0. The molecule has 0 spiro atoms. The Bertz CT molecular complexity index is 906. The minimum absolute atomic E-state index is 0.0872. The van der Waals surface area contributed by atoms with Gasteiger partial charge < -0.3 is 14.9 Å². The summed E-state index contributed by atoms with van der Waals surface area (Å²) in [5.74, 6) is -1.10. The van der Waals surface area contributed by atoms with E-state index in [9.17, 15) is 19.8 Å². The number of imide groups is 1. The van der Waals surface area contributed by atoms with Crippen LogP contribution in [0, 0.1) is 0 Å². The average Bonchev–Trinajstić information content (AvgIpc) is 2.84. The Morgan fingerprint density at radius 1 is 1.12 bits per heavy atom. The molecule has 0 radical (unpaired) electrons. The summed E-state index contributed by atoms with van der Waals surface area (Å²) >= 11 is 5.98. The van der Waals surface area contributed by atoms with Gasteiger partial charge in [0.25, 0.3) is 5.91 Å². The highest BCUT2D eigenvalue weighted by molar-refractivity contribution is 6.33. The van der Waals surface area contributed by atoms with Crippen LogP contribution in [0.5, 0.6) is 17.2 Å². The molecule has 0 atom stereocenters. The number of aromatic hydroxyl groups is 2. The zero-order valence-corrected chi connectivity index (χ0v) is 13.9. The number of hydrogen-bond acceptors (Lipinski definition) is 5. The fourth-order valence-corrected chi connectivity index (χ4v) is 2.77. The lowest BCUT2D eigenvalue weighted by atomic mass is 10.1. The van der Waals surface area contributed by atoms with Crippen LogP contribution in [0.2, 0.25) is 5.02 Å². The van der Waals surface area contributed by atoms with Crippen molar-refractivity contribution in [2.24, 2.45) is 0 Å². The predicted molar refractivity (Wildman–Crippen MR) is 92.9 cm³/mol. The van der Waals surface area contributed by atoms with Crippen LogP contribution in [-0.2, 0) is 9.59 Å². The number of carbonyl (C=O) groups is 2. The van der Waals surface area contributed by atoms with Crippen LogP contribution >= 0.6 is 11.6 Å². The molecule has 1 aliphatic rings. The van der Waals surface area contributed by atoms with Crippen molar-refractivity contribution in [3.05, 3.63) is 52.6 Å². The summed E-state index contributed by atoms with van der Waals surface area (Å²) in [6, 6.07) is 8.82. The van der Waals surface area contributed by atoms with Crippen LogP contribution in [0.25, 0.3) is 6.08 Å². The predicted octanol–water partition coefficient (Wildman–Crippen LogP) is 3.11. The van der Waals surface area contributed by atoms with Gasteiger partial charge in [0.2, 0.25) is 5.91 Å². The Labute approximate surface area is 148 Å². The molecule has 0 saturated carbocycles. The third-order valence-electron chi connectivity index (χ3n) is 3.79. The lowest BCUT2D eigenvalue weighted by molar-refractivity contribution is -0.120. The zero-order valence-electron chi connectivity index (χ0n) is 13.2. The highest BCUT2D eigenvalue weighted by Crippen LogP contribution is 2.36. The summed E-state index contributed by atoms with van der Waals surface area (Å²) in [7, 11) is 1.44. The molecule has 2 aromatic rings. The summed E-state index contributed by atoms with van der Waals surface area (Å²) in [5, 5.41) is 19.3. The second-order valence-electron chi connectivity index (χ2n) is 5.44. The first-order valence-electron chi connectivity index (χ1n) is 7.34. The number of carbonyl (C=O) groups excluding carboxylic acids is 2. The molecule has 128 valence electrons. The average molecular weight is 360 g/mol. The summed E-state index contributed by atoms with van der Waals surface area (Å²) in [6.07, 6.45) is 1.41. The van der Waals surface area contributed by atoms with Gasteiger partial charge in [0.05, 0.1) is 19.2 Å². The highest BCUT2D eigenvalue weighted by atomic mass is 35.5. The van der Waals surface area contributed by atoms with E-state index < -0.39 is 11.8 Å². The van der Waals surface area contributed by atoms with Gasteiger partial charge in [-0.1, -0.05) is 17.7 Å². The highest BCUT2D eigenvalue weighted by Gasteiger charge is 2.36. The van der Waals surface area contributed by atoms with E-state index in [-0.39, 0.29) is 29.2 Å².